The topological polar surface area (TPSA) is 80.7 Å². The molecular weight excluding hydrogens is 330 g/mol. The van der Waals surface area contributed by atoms with Crippen molar-refractivity contribution in [1.82, 2.24) is 19.9 Å². The molecule has 0 saturated carbocycles. The molecule has 0 fully saturated rings. The van der Waals surface area contributed by atoms with Gasteiger partial charge in [-0.15, -0.1) is 11.3 Å². The lowest BCUT2D eigenvalue weighted by Crippen LogP contribution is -2.13. The maximum Gasteiger partial charge on any atom is 0.236 e. The highest BCUT2D eigenvalue weighted by molar-refractivity contribution is 7.99. The van der Waals surface area contributed by atoms with Crippen molar-refractivity contribution in [3.8, 4) is 11.4 Å². The van der Waals surface area contributed by atoms with Crippen LogP contribution in [-0.2, 0) is 4.79 Å². The van der Waals surface area contributed by atoms with E-state index in [2.05, 4.69) is 25.3 Å². The van der Waals surface area contributed by atoms with Crippen molar-refractivity contribution in [1.29, 1.82) is 0 Å². The molecule has 0 saturated heterocycles. The molecule has 23 heavy (non-hydrogen) atoms. The first kappa shape index (κ1) is 15.6. The Kier molecular flexibility index (Phi) is 4.94. The minimum Gasteiger partial charge on any atom is -0.301 e. The van der Waals surface area contributed by atoms with Gasteiger partial charge in [-0.25, -0.2) is 15.0 Å². The number of nitrogens with zero attached hydrogens (tertiary/aromatic N) is 4. The lowest BCUT2D eigenvalue weighted by atomic mass is 10.2. The van der Waals surface area contributed by atoms with Gasteiger partial charge in [0.15, 0.2) is 5.13 Å². The van der Waals surface area contributed by atoms with Gasteiger partial charge in [0.25, 0.3) is 0 Å². The highest BCUT2D eigenvalue weighted by Gasteiger charge is 2.09. The van der Waals surface area contributed by atoms with Crippen molar-refractivity contribution in [2.24, 2.45) is 0 Å². The van der Waals surface area contributed by atoms with Gasteiger partial charge in [0.05, 0.1) is 17.1 Å². The van der Waals surface area contributed by atoms with Crippen molar-refractivity contribution >= 4 is 34.1 Å². The Balaban J connectivity index is 1.68. The summed E-state index contributed by atoms with van der Waals surface area (Å²) < 4.78 is 0. The molecule has 3 aromatic heterocycles. The number of anilines is 1. The lowest BCUT2D eigenvalue weighted by molar-refractivity contribution is -0.113. The van der Waals surface area contributed by atoms with Gasteiger partial charge in [-0.05, 0) is 25.1 Å². The fourth-order valence-electron chi connectivity index (χ4n) is 1.84. The van der Waals surface area contributed by atoms with Crippen LogP contribution in [0.1, 0.15) is 5.82 Å². The summed E-state index contributed by atoms with van der Waals surface area (Å²) in [6.45, 7) is 1.83. The van der Waals surface area contributed by atoms with E-state index in [-0.39, 0.29) is 11.7 Å². The molecule has 3 rings (SSSR count). The average molecular weight is 343 g/mol. The maximum atomic E-state index is 11.9. The van der Waals surface area contributed by atoms with Gasteiger partial charge < -0.3 is 5.32 Å². The third-order valence-corrected chi connectivity index (χ3v) is 4.37. The molecule has 0 aromatic carbocycles. The van der Waals surface area contributed by atoms with Gasteiger partial charge in [0.1, 0.15) is 10.9 Å². The van der Waals surface area contributed by atoms with Gasteiger partial charge >= 0.3 is 0 Å². The molecule has 1 N–H and O–H groups in total. The Bertz CT molecular complexity index is 793. The minimum absolute atomic E-state index is 0.111. The number of pyridine rings is 1. The van der Waals surface area contributed by atoms with Crippen LogP contribution in [0, 0.1) is 6.92 Å². The van der Waals surface area contributed by atoms with Crippen LogP contribution in [0.5, 0.6) is 0 Å². The smallest absolute Gasteiger partial charge is 0.236 e. The summed E-state index contributed by atoms with van der Waals surface area (Å²) in [6, 6.07) is 7.51. The number of hydrogen-bond acceptors (Lipinski definition) is 7. The molecule has 8 heteroatoms. The molecule has 0 unspecified atom stereocenters. The average Bonchev–Trinajstić information content (AvgIpc) is 3.06. The number of aromatic nitrogens is 4. The van der Waals surface area contributed by atoms with E-state index in [0.717, 1.165) is 16.4 Å². The first-order valence-electron chi connectivity index (χ1n) is 6.80. The zero-order chi connectivity index (χ0) is 16.1. The summed E-state index contributed by atoms with van der Waals surface area (Å²) in [6.07, 6.45) is 3.38. The number of aryl methyl sites for hydroxylation is 1. The molecule has 0 radical (unpaired) electrons. The largest absolute Gasteiger partial charge is 0.301 e. The van der Waals surface area contributed by atoms with E-state index in [0.29, 0.717) is 11.0 Å². The number of nitrogens with one attached hydrogen (secondary N) is 1. The zero-order valence-electron chi connectivity index (χ0n) is 12.3. The fraction of sp³-hybridized carbons (Fsp3) is 0.133. The van der Waals surface area contributed by atoms with E-state index in [9.17, 15) is 4.79 Å². The van der Waals surface area contributed by atoms with Gasteiger partial charge in [0, 0.05) is 17.8 Å². The monoisotopic (exact) mass is 343 g/mol. The van der Waals surface area contributed by atoms with Crippen molar-refractivity contribution in [2.75, 3.05) is 11.1 Å². The maximum absolute atomic E-state index is 11.9. The van der Waals surface area contributed by atoms with Gasteiger partial charge in [-0.1, -0.05) is 17.8 Å². The predicted molar refractivity (Wildman–Crippen MR) is 91.5 cm³/mol. The molecule has 0 aliphatic heterocycles. The Hall–Kier alpha value is -2.32. The summed E-state index contributed by atoms with van der Waals surface area (Å²) in [5.41, 5.74) is 1.54. The second-order valence-corrected chi connectivity index (χ2v) is 6.42. The number of carbonyl (C=O) groups is 1. The molecule has 0 aliphatic rings. The number of thioether (sulfide) groups is 1. The molecule has 0 atom stereocenters. The SMILES string of the molecule is Cc1nc(SCC(=O)Nc2nccs2)cc(-c2ccccn2)n1. The Morgan fingerprint density at radius 3 is 2.87 bits per heavy atom. The van der Waals surface area contributed by atoms with Gasteiger partial charge in [-0.3, -0.25) is 9.78 Å². The summed E-state index contributed by atoms with van der Waals surface area (Å²) in [5.74, 6) is 0.800. The lowest BCUT2D eigenvalue weighted by Gasteiger charge is -2.05. The molecular formula is C15H13N5OS2. The Morgan fingerprint density at radius 2 is 2.13 bits per heavy atom. The van der Waals surface area contributed by atoms with Crippen LogP contribution < -0.4 is 5.32 Å². The number of carbonyl (C=O) groups excluding carboxylic acids is 1. The number of hydrogen-bond donors (Lipinski definition) is 1. The third kappa shape index (κ3) is 4.33. The van der Waals surface area contributed by atoms with Gasteiger partial charge in [0.2, 0.25) is 5.91 Å². The van der Waals surface area contributed by atoms with Crippen LogP contribution in [0.15, 0.2) is 47.1 Å². The highest BCUT2D eigenvalue weighted by atomic mass is 32.2. The van der Waals surface area contributed by atoms with Crippen LogP contribution in [0.2, 0.25) is 0 Å². The molecule has 3 aromatic rings. The molecule has 116 valence electrons. The summed E-state index contributed by atoms with van der Waals surface area (Å²) in [4.78, 5) is 29.0. The third-order valence-electron chi connectivity index (χ3n) is 2.77. The molecule has 0 aliphatic carbocycles. The summed E-state index contributed by atoms with van der Waals surface area (Å²) in [7, 11) is 0. The predicted octanol–water partition coefficient (Wildman–Crippen LogP) is 3.03. The second-order valence-electron chi connectivity index (χ2n) is 4.53. The summed E-state index contributed by atoms with van der Waals surface area (Å²) >= 11 is 2.75. The number of rotatable bonds is 5. The fourth-order valence-corrected chi connectivity index (χ4v) is 3.13. The van der Waals surface area contributed by atoms with E-state index in [4.69, 9.17) is 0 Å². The van der Waals surface area contributed by atoms with Crippen molar-refractivity contribution in [2.45, 2.75) is 11.9 Å². The number of amides is 1. The van der Waals surface area contributed by atoms with E-state index in [1.165, 1.54) is 23.1 Å². The van der Waals surface area contributed by atoms with E-state index in [1.54, 1.807) is 12.4 Å². The first-order chi connectivity index (χ1) is 11.2. The second kappa shape index (κ2) is 7.30. The quantitative estimate of drug-likeness (QED) is 0.566. The van der Waals surface area contributed by atoms with Crippen LogP contribution in [-0.4, -0.2) is 31.6 Å². The van der Waals surface area contributed by atoms with Crippen molar-refractivity contribution in [3.63, 3.8) is 0 Å². The van der Waals surface area contributed by atoms with Crippen LogP contribution in [0.25, 0.3) is 11.4 Å². The molecule has 6 nitrogen and oxygen atoms in total. The normalized spacial score (nSPS) is 10.5. The van der Waals surface area contributed by atoms with Crippen LogP contribution in [0.4, 0.5) is 5.13 Å². The van der Waals surface area contributed by atoms with E-state index >= 15 is 0 Å². The van der Waals surface area contributed by atoms with E-state index < -0.39 is 0 Å². The van der Waals surface area contributed by atoms with Crippen LogP contribution >= 0.6 is 23.1 Å². The van der Waals surface area contributed by atoms with Gasteiger partial charge in [-0.2, -0.15) is 0 Å². The van der Waals surface area contributed by atoms with E-state index in [1.807, 2.05) is 36.6 Å². The van der Waals surface area contributed by atoms with Crippen molar-refractivity contribution < 1.29 is 4.79 Å². The molecule has 0 bridgehead atoms. The zero-order valence-corrected chi connectivity index (χ0v) is 13.9. The first-order valence-corrected chi connectivity index (χ1v) is 8.66. The number of thiazole rings is 1. The Labute approximate surface area is 141 Å². The minimum atomic E-state index is -0.111. The van der Waals surface area contributed by atoms with Crippen molar-refractivity contribution in [3.05, 3.63) is 47.9 Å². The highest BCUT2D eigenvalue weighted by Crippen LogP contribution is 2.22. The molecule has 1 amide bonds. The summed E-state index contributed by atoms with van der Waals surface area (Å²) in [5, 5.41) is 5.90. The standard InChI is InChI=1S/C15H13N5OS2/c1-10-18-12(11-4-2-3-5-16-11)8-14(19-10)23-9-13(21)20-15-17-6-7-22-15/h2-8H,9H2,1H3,(H,17,20,21). The van der Waals surface area contributed by atoms with Crippen LogP contribution in [0.3, 0.4) is 0 Å². The molecule has 0 spiro atoms. The Morgan fingerprint density at radius 1 is 1.22 bits per heavy atom. The molecule has 3 heterocycles.